The van der Waals surface area contributed by atoms with Gasteiger partial charge < -0.3 is 15.2 Å². The van der Waals surface area contributed by atoms with Crippen molar-refractivity contribution in [2.75, 3.05) is 20.3 Å². The van der Waals surface area contributed by atoms with Crippen LogP contribution >= 0.6 is 0 Å². The second kappa shape index (κ2) is 6.20. The molecule has 0 aliphatic carbocycles. The van der Waals surface area contributed by atoms with Gasteiger partial charge in [0, 0.05) is 13.2 Å². The van der Waals surface area contributed by atoms with Crippen molar-refractivity contribution < 1.29 is 19.0 Å². The van der Waals surface area contributed by atoms with E-state index in [2.05, 4.69) is 5.32 Å². The largest absolute Gasteiger partial charge is 0.496 e. The predicted octanol–water partition coefficient (Wildman–Crippen LogP) is 1.19. The summed E-state index contributed by atoms with van der Waals surface area (Å²) >= 11 is 0. The molecule has 94 valence electrons. The minimum absolute atomic E-state index is 0.0330. The minimum Gasteiger partial charge on any atom is -0.496 e. The van der Waals surface area contributed by atoms with Crippen LogP contribution < -0.4 is 10.1 Å². The first kappa shape index (κ1) is 13.4. The highest BCUT2D eigenvalue weighted by Gasteiger charge is 2.17. The zero-order valence-corrected chi connectivity index (χ0v) is 9.87. The molecule has 0 bridgehead atoms. The molecule has 0 saturated heterocycles. The van der Waals surface area contributed by atoms with E-state index in [9.17, 15) is 9.18 Å². The Kier molecular flexibility index (Phi) is 4.90. The SMILES string of the molecule is COc1cccc(F)c1C(=O)NCC(C)CO. The molecule has 0 saturated carbocycles. The minimum atomic E-state index is -0.626. The molecule has 1 amide bonds. The number of methoxy groups -OCH3 is 1. The summed E-state index contributed by atoms with van der Waals surface area (Å²) < 4.78 is 18.4. The number of carbonyl (C=O) groups is 1. The summed E-state index contributed by atoms with van der Waals surface area (Å²) in [4.78, 5) is 11.8. The molecule has 2 N–H and O–H groups in total. The summed E-state index contributed by atoms with van der Waals surface area (Å²) in [5.74, 6) is -1.05. The topological polar surface area (TPSA) is 58.6 Å². The first-order valence-corrected chi connectivity index (χ1v) is 5.31. The highest BCUT2D eigenvalue weighted by molar-refractivity contribution is 5.97. The fourth-order valence-electron chi connectivity index (χ4n) is 1.31. The molecule has 0 aliphatic heterocycles. The van der Waals surface area contributed by atoms with Crippen LogP contribution in [0, 0.1) is 11.7 Å². The molecule has 0 spiro atoms. The number of hydrogen-bond acceptors (Lipinski definition) is 3. The van der Waals surface area contributed by atoms with Gasteiger partial charge in [0.1, 0.15) is 17.1 Å². The fraction of sp³-hybridized carbons (Fsp3) is 0.417. The molecule has 0 fully saturated rings. The summed E-state index contributed by atoms with van der Waals surface area (Å²) in [6, 6.07) is 4.20. The molecule has 1 aromatic carbocycles. The van der Waals surface area contributed by atoms with Crippen LogP contribution in [0.3, 0.4) is 0 Å². The van der Waals surface area contributed by atoms with Gasteiger partial charge in [-0.15, -0.1) is 0 Å². The Bertz CT molecular complexity index is 395. The molecule has 4 nitrogen and oxygen atoms in total. The molecule has 1 aromatic rings. The Morgan fingerprint density at radius 3 is 2.88 bits per heavy atom. The van der Waals surface area contributed by atoms with Crippen LogP contribution in [0.15, 0.2) is 18.2 Å². The van der Waals surface area contributed by atoms with E-state index in [1.165, 1.54) is 25.3 Å². The van der Waals surface area contributed by atoms with Crippen molar-refractivity contribution in [3.05, 3.63) is 29.6 Å². The van der Waals surface area contributed by atoms with Gasteiger partial charge in [-0.3, -0.25) is 4.79 Å². The third-order valence-corrected chi connectivity index (χ3v) is 2.35. The van der Waals surface area contributed by atoms with Crippen molar-refractivity contribution >= 4 is 5.91 Å². The molecule has 5 heteroatoms. The van der Waals surface area contributed by atoms with Crippen LogP contribution in [0.4, 0.5) is 4.39 Å². The number of rotatable bonds is 5. The number of hydrogen-bond donors (Lipinski definition) is 2. The van der Waals surface area contributed by atoms with Crippen molar-refractivity contribution in [3.63, 3.8) is 0 Å². The summed E-state index contributed by atoms with van der Waals surface area (Å²) in [5.41, 5.74) is -0.111. The Hall–Kier alpha value is -1.62. The van der Waals surface area contributed by atoms with Crippen molar-refractivity contribution in [1.29, 1.82) is 0 Å². The zero-order valence-electron chi connectivity index (χ0n) is 9.87. The molecule has 1 atom stereocenters. The average Bonchev–Trinajstić information content (AvgIpc) is 2.34. The van der Waals surface area contributed by atoms with Gasteiger partial charge in [-0.25, -0.2) is 4.39 Å². The average molecular weight is 241 g/mol. The van der Waals surface area contributed by atoms with E-state index in [1.807, 2.05) is 0 Å². The quantitative estimate of drug-likeness (QED) is 0.814. The van der Waals surface area contributed by atoms with E-state index in [0.29, 0.717) is 0 Å². The van der Waals surface area contributed by atoms with Crippen LogP contribution in [0.5, 0.6) is 5.75 Å². The monoisotopic (exact) mass is 241 g/mol. The van der Waals surface area contributed by atoms with Crippen LogP contribution in [-0.4, -0.2) is 31.3 Å². The first-order valence-electron chi connectivity index (χ1n) is 5.31. The van der Waals surface area contributed by atoms with Gasteiger partial charge >= 0.3 is 0 Å². The number of halogens is 1. The molecule has 0 radical (unpaired) electrons. The second-order valence-electron chi connectivity index (χ2n) is 3.81. The molecule has 0 aromatic heterocycles. The van der Waals surface area contributed by atoms with E-state index >= 15 is 0 Å². The number of ether oxygens (including phenoxy) is 1. The molecular weight excluding hydrogens is 225 g/mol. The number of aliphatic hydroxyl groups excluding tert-OH is 1. The predicted molar refractivity (Wildman–Crippen MR) is 61.5 cm³/mol. The smallest absolute Gasteiger partial charge is 0.258 e. The maximum Gasteiger partial charge on any atom is 0.258 e. The summed E-state index contributed by atoms with van der Waals surface area (Å²) in [5, 5.41) is 11.4. The number of aliphatic hydroxyl groups is 1. The first-order chi connectivity index (χ1) is 8.10. The van der Waals surface area contributed by atoms with E-state index in [1.54, 1.807) is 6.92 Å². The van der Waals surface area contributed by atoms with Gasteiger partial charge in [-0.05, 0) is 18.1 Å². The standard InChI is InChI=1S/C12H16FNO3/c1-8(7-15)6-14-12(16)11-9(13)4-3-5-10(11)17-2/h3-5,8,15H,6-7H2,1-2H3,(H,14,16). The van der Waals surface area contributed by atoms with Crippen LogP contribution in [0.25, 0.3) is 0 Å². The van der Waals surface area contributed by atoms with Gasteiger partial charge in [0.05, 0.1) is 7.11 Å². The molecule has 1 unspecified atom stereocenters. The third-order valence-electron chi connectivity index (χ3n) is 2.35. The molecule has 1 rings (SSSR count). The highest BCUT2D eigenvalue weighted by Crippen LogP contribution is 2.20. The van der Waals surface area contributed by atoms with E-state index < -0.39 is 11.7 Å². The summed E-state index contributed by atoms with van der Waals surface area (Å²) in [6.45, 7) is 2.03. The highest BCUT2D eigenvalue weighted by atomic mass is 19.1. The Labute approximate surface area is 99.4 Å². The number of benzene rings is 1. The Morgan fingerprint density at radius 1 is 1.59 bits per heavy atom. The summed E-state index contributed by atoms with van der Waals surface area (Å²) in [6.07, 6.45) is 0. The van der Waals surface area contributed by atoms with Gasteiger partial charge in [-0.1, -0.05) is 13.0 Å². The zero-order chi connectivity index (χ0) is 12.8. The van der Waals surface area contributed by atoms with Crippen molar-refractivity contribution in [3.8, 4) is 5.75 Å². The molecule has 17 heavy (non-hydrogen) atoms. The van der Waals surface area contributed by atoms with Crippen molar-refractivity contribution in [1.82, 2.24) is 5.32 Å². The van der Waals surface area contributed by atoms with Gasteiger partial charge in [0.2, 0.25) is 0 Å². The van der Waals surface area contributed by atoms with E-state index in [-0.39, 0.29) is 30.4 Å². The lowest BCUT2D eigenvalue weighted by Gasteiger charge is -2.12. The maximum atomic E-state index is 13.5. The lowest BCUT2D eigenvalue weighted by Crippen LogP contribution is -2.30. The van der Waals surface area contributed by atoms with Crippen LogP contribution in [0.1, 0.15) is 17.3 Å². The second-order valence-corrected chi connectivity index (χ2v) is 3.81. The third kappa shape index (κ3) is 3.42. The van der Waals surface area contributed by atoms with E-state index in [4.69, 9.17) is 9.84 Å². The molecule has 0 aliphatic rings. The van der Waals surface area contributed by atoms with E-state index in [0.717, 1.165) is 0 Å². The maximum absolute atomic E-state index is 13.5. The van der Waals surface area contributed by atoms with Gasteiger partial charge in [0.15, 0.2) is 0 Å². The van der Waals surface area contributed by atoms with Gasteiger partial charge in [-0.2, -0.15) is 0 Å². The van der Waals surface area contributed by atoms with Gasteiger partial charge in [0.25, 0.3) is 5.91 Å². The molecule has 0 heterocycles. The number of nitrogens with one attached hydrogen (secondary N) is 1. The van der Waals surface area contributed by atoms with Crippen LogP contribution in [-0.2, 0) is 0 Å². The summed E-state index contributed by atoms with van der Waals surface area (Å²) in [7, 11) is 1.38. The van der Waals surface area contributed by atoms with Crippen LogP contribution in [0.2, 0.25) is 0 Å². The van der Waals surface area contributed by atoms with Crippen molar-refractivity contribution in [2.45, 2.75) is 6.92 Å². The Morgan fingerprint density at radius 2 is 2.29 bits per heavy atom. The lowest BCUT2D eigenvalue weighted by atomic mass is 10.1. The number of amides is 1. The van der Waals surface area contributed by atoms with Crippen molar-refractivity contribution in [2.24, 2.45) is 5.92 Å². The fourth-order valence-corrected chi connectivity index (χ4v) is 1.31. The normalized spacial score (nSPS) is 12.0. The lowest BCUT2D eigenvalue weighted by molar-refractivity contribution is 0.0935. The molecular formula is C12H16FNO3. The number of carbonyl (C=O) groups excluding carboxylic acids is 1. The Balaban J connectivity index is 2.81.